The van der Waals surface area contributed by atoms with E-state index < -0.39 is 0 Å². The van der Waals surface area contributed by atoms with Gasteiger partial charge in [-0.05, 0) is 72.1 Å². The Hall–Kier alpha value is -1.31. The van der Waals surface area contributed by atoms with E-state index in [2.05, 4.69) is 20.8 Å². The molecule has 0 spiro atoms. The second-order valence-corrected chi connectivity index (χ2v) is 7.62. The largest absolute Gasteiger partial charge is 0.496 e. The average molecular weight is 284 g/mol. The molecule has 0 N–H and O–H groups in total. The van der Waals surface area contributed by atoms with Gasteiger partial charge in [-0.25, -0.2) is 0 Å². The maximum atomic E-state index is 12.8. The monoisotopic (exact) mass is 284 g/mol. The lowest BCUT2D eigenvalue weighted by Gasteiger charge is -2.21. The Kier molecular flexibility index (Phi) is 2.62. The van der Waals surface area contributed by atoms with Gasteiger partial charge in [0.15, 0.2) is 5.78 Å². The van der Waals surface area contributed by atoms with E-state index in [9.17, 15) is 4.79 Å². The zero-order valence-electron chi connectivity index (χ0n) is 13.5. The highest BCUT2D eigenvalue weighted by Gasteiger charge is 2.60. The summed E-state index contributed by atoms with van der Waals surface area (Å²) >= 11 is 0. The first kappa shape index (κ1) is 13.4. The number of hydrogen-bond donors (Lipinski definition) is 0. The van der Waals surface area contributed by atoms with Crippen LogP contribution in [-0.4, -0.2) is 12.9 Å². The summed E-state index contributed by atoms with van der Waals surface area (Å²) in [6.07, 6.45) is 5.07. The topological polar surface area (TPSA) is 26.3 Å². The molecule has 0 heterocycles. The van der Waals surface area contributed by atoms with Gasteiger partial charge in [0.05, 0.1) is 7.11 Å². The number of fused-ring (bicyclic) bond motifs is 5. The van der Waals surface area contributed by atoms with Gasteiger partial charge in [0.1, 0.15) is 5.75 Å². The van der Waals surface area contributed by atoms with E-state index in [1.807, 2.05) is 0 Å². The van der Waals surface area contributed by atoms with Crippen LogP contribution in [0, 0.1) is 18.3 Å². The standard InChI is InChI=1S/C19H24O2/c1-10-15-16(11-6-5-7-12(11)18(10)21-4)14(20)9-8-13-17(15)19(13,2)3/h13,17H,5-9H2,1-4H3/t13-,17+/m0/s1. The third kappa shape index (κ3) is 1.56. The zero-order valence-corrected chi connectivity index (χ0v) is 13.5. The number of hydrogen-bond acceptors (Lipinski definition) is 2. The molecule has 0 bridgehead atoms. The van der Waals surface area contributed by atoms with Crippen molar-refractivity contribution in [3.8, 4) is 5.75 Å². The van der Waals surface area contributed by atoms with E-state index in [-0.39, 0.29) is 0 Å². The molecule has 2 nitrogen and oxygen atoms in total. The molecule has 4 rings (SSSR count). The molecular weight excluding hydrogens is 260 g/mol. The fourth-order valence-electron chi connectivity index (χ4n) is 5.22. The Bertz CT molecular complexity index is 654. The second-order valence-electron chi connectivity index (χ2n) is 7.62. The minimum Gasteiger partial charge on any atom is -0.496 e. The van der Waals surface area contributed by atoms with Crippen molar-refractivity contribution in [2.45, 2.75) is 58.8 Å². The van der Waals surface area contributed by atoms with Crippen molar-refractivity contribution in [2.75, 3.05) is 7.11 Å². The third-order valence-corrected chi connectivity index (χ3v) is 6.33. The summed E-state index contributed by atoms with van der Waals surface area (Å²) in [6.45, 7) is 6.89. The van der Waals surface area contributed by atoms with E-state index in [1.54, 1.807) is 7.11 Å². The van der Waals surface area contributed by atoms with E-state index in [0.29, 0.717) is 23.0 Å². The molecule has 0 amide bonds. The minimum atomic E-state index is 0.345. The van der Waals surface area contributed by atoms with Crippen molar-refractivity contribution in [3.05, 3.63) is 27.8 Å². The molecule has 2 atom stereocenters. The van der Waals surface area contributed by atoms with E-state index in [4.69, 9.17) is 4.74 Å². The van der Waals surface area contributed by atoms with Gasteiger partial charge in [0.25, 0.3) is 0 Å². The predicted octanol–water partition coefficient (Wildman–Crippen LogP) is 4.21. The second kappa shape index (κ2) is 4.12. The normalized spacial score (nSPS) is 28.5. The van der Waals surface area contributed by atoms with Crippen LogP contribution in [0.5, 0.6) is 5.75 Å². The highest BCUT2D eigenvalue weighted by Crippen LogP contribution is 2.69. The fourth-order valence-corrected chi connectivity index (χ4v) is 5.22. The van der Waals surface area contributed by atoms with Gasteiger partial charge in [-0.15, -0.1) is 0 Å². The third-order valence-electron chi connectivity index (χ3n) is 6.33. The van der Waals surface area contributed by atoms with Gasteiger partial charge < -0.3 is 4.74 Å². The number of ketones is 1. The Labute approximate surface area is 126 Å². The van der Waals surface area contributed by atoms with Gasteiger partial charge in [-0.1, -0.05) is 13.8 Å². The summed E-state index contributed by atoms with van der Waals surface area (Å²) in [5.41, 5.74) is 6.66. The van der Waals surface area contributed by atoms with Crippen molar-refractivity contribution < 1.29 is 9.53 Å². The first-order valence-corrected chi connectivity index (χ1v) is 8.23. The van der Waals surface area contributed by atoms with Gasteiger partial charge in [0, 0.05) is 12.0 Å². The van der Waals surface area contributed by atoms with E-state index >= 15 is 0 Å². The van der Waals surface area contributed by atoms with Crippen molar-refractivity contribution in [3.63, 3.8) is 0 Å². The summed E-state index contributed by atoms with van der Waals surface area (Å²) in [7, 11) is 1.78. The highest BCUT2D eigenvalue weighted by atomic mass is 16.5. The van der Waals surface area contributed by atoms with E-state index in [0.717, 1.165) is 43.4 Å². The maximum Gasteiger partial charge on any atom is 0.163 e. The van der Waals surface area contributed by atoms with Crippen molar-refractivity contribution in [2.24, 2.45) is 11.3 Å². The van der Waals surface area contributed by atoms with Crippen LogP contribution in [-0.2, 0) is 12.8 Å². The molecule has 0 unspecified atom stereocenters. The number of benzene rings is 1. The molecule has 0 saturated heterocycles. The summed E-state index contributed by atoms with van der Waals surface area (Å²) in [5, 5.41) is 0. The average Bonchev–Trinajstić information content (AvgIpc) is 2.78. The summed E-state index contributed by atoms with van der Waals surface area (Å²) in [5.74, 6) is 2.68. The van der Waals surface area contributed by atoms with Crippen LogP contribution in [0.15, 0.2) is 0 Å². The summed E-state index contributed by atoms with van der Waals surface area (Å²) in [4.78, 5) is 12.8. The van der Waals surface area contributed by atoms with Crippen LogP contribution in [0.1, 0.15) is 71.6 Å². The van der Waals surface area contributed by atoms with Crippen molar-refractivity contribution in [1.82, 2.24) is 0 Å². The van der Waals surface area contributed by atoms with Gasteiger partial charge in [-0.3, -0.25) is 4.79 Å². The quantitative estimate of drug-likeness (QED) is 0.772. The number of carbonyl (C=O) groups is 1. The molecule has 1 fully saturated rings. The maximum absolute atomic E-state index is 12.8. The van der Waals surface area contributed by atoms with Gasteiger partial charge in [0.2, 0.25) is 0 Å². The fraction of sp³-hybridized carbons (Fsp3) is 0.632. The smallest absolute Gasteiger partial charge is 0.163 e. The number of ether oxygens (including phenoxy) is 1. The first-order valence-electron chi connectivity index (χ1n) is 8.23. The molecule has 3 aliphatic carbocycles. The number of methoxy groups -OCH3 is 1. The van der Waals surface area contributed by atoms with Crippen LogP contribution >= 0.6 is 0 Å². The number of rotatable bonds is 1. The van der Waals surface area contributed by atoms with Crippen LogP contribution in [0.4, 0.5) is 0 Å². The molecule has 21 heavy (non-hydrogen) atoms. The van der Waals surface area contributed by atoms with Gasteiger partial charge in [-0.2, -0.15) is 0 Å². The van der Waals surface area contributed by atoms with E-state index in [1.165, 1.54) is 22.3 Å². The van der Waals surface area contributed by atoms with Crippen LogP contribution < -0.4 is 4.74 Å². The summed E-state index contributed by atoms with van der Waals surface area (Å²) < 4.78 is 5.75. The Balaban J connectivity index is 2.04. The first-order chi connectivity index (χ1) is 9.98. The molecule has 1 saturated carbocycles. The Morgan fingerprint density at radius 1 is 1.14 bits per heavy atom. The number of Topliss-reactive ketones (excluding diaryl/α,β-unsaturated/α-hetero) is 1. The lowest BCUT2D eigenvalue weighted by atomic mass is 9.85. The highest BCUT2D eigenvalue weighted by molar-refractivity contribution is 6.01. The Morgan fingerprint density at radius 3 is 2.57 bits per heavy atom. The Morgan fingerprint density at radius 2 is 1.86 bits per heavy atom. The van der Waals surface area contributed by atoms with Crippen LogP contribution in [0.2, 0.25) is 0 Å². The molecule has 0 aromatic heterocycles. The van der Waals surface area contributed by atoms with Crippen LogP contribution in [0.3, 0.4) is 0 Å². The summed E-state index contributed by atoms with van der Waals surface area (Å²) in [6, 6.07) is 0. The van der Waals surface area contributed by atoms with Gasteiger partial charge >= 0.3 is 0 Å². The van der Waals surface area contributed by atoms with Crippen molar-refractivity contribution >= 4 is 5.78 Å². The lowest BCUT2D eigenvalue weighted by molar-refractivity contribution is 0.0977. The molecule has 1 aromatic rings. The SMILES string of the molecule is COc1c(C)c2c(c3c1CCC3)C(=O)CC[C@H]1[C@H]2C1(C)C. The molecule has 112 valence electrons. The number of carbonyl (C=O) groups excluding carboxylic acids is 1. The molecule has 2 heteroatoms. The van der Waals surface area contributed by atoms with Crippen LogP contribution in [0.25, 0.3) is 0 Å². The van der Waals surface area contributed by atoms with Crippen molar-refractivity contribution in [1.29, 1.82) is 0 Å². The molecule has 0 aliphatic heterocycles. The predicted molar refractivity (Wildman–Crippen MR) is 83.3 cm³/mol. The lowest BCUT2D eigenvalue weighted by Crippen LogP contribution is -2.12. The molecule has 3 aliphatic rings. The molecule has 0 radical (unpaired) electrons. The molecule has 1 aromatic carbocycles. The molecular formula is C19H24O2. The minimum absolute atomic E-state index is 0.345. The zero-order chi connectivity index (χ0) is 14.9.